The lowest BCUT2D eigenvalue weighted by molar-refractivity contribution is 0.0757. The molecule has 1 atom stereocenters. The maximum atomic E-state index is 13.0. The molecular formula is C30H28N6O2. The van der Waals surface area contributed by atoms with Crippen molar-refractivity contribution in [3.63, 3.8) is 0 Å². The summed E-state index contributed by atoms with van der Waals surface area (Å²) in [6, 6.07) is 19.8. The standard InChI is InChI=1S/C30H28N6O2/c1-30(17-31)18-38-16-21-7-6-19(10-24(21)30)29(37)33-13-23-11-28-20(12-32-23)8-9-27(35-28)26-5-3-4-25(34-26)22-14-36(2)15-22/h3-12,22H,13-16,18H2,1-2H3,(H,33,37)/t30-/m1/s1. The topological polar surface area (TPSA) is 104 Å². The summed E-state index contributed by atoms with van der Waals surface area (Å²) in [4.78, 5) is 29.5. The fourth-order valence-corrected chi connectivity index (χ4v) is 5.17. The Hall–Kier alpha value is -4.19. The highest BCUT2D eigenvalue weighted by Gasteiger charge is 2.33. The minimum absolute atomic E-state index is 0.217. The summed E-state index contributed by atoms with van der Waals surface area (Å²) in [5.74, 6) is 0.253. The first-order chi connectivity index (χ1) is 18.4. The van der Waals surface area contributed by atoms with Gasteiger partial charge < -0.3 is 15.0 Å². The molecule has 0 radical (unpaired) electrons. The van der Waals surface area contributed by atoms with Crippen molar-refractivity contribution in [2.45, 2.75) is 31.4 Å². The second-order valence-electron chi connectivity index (χ2n) is 10.4. The number of hydrogen-bond acceptors (Lipinski definition) is 7. The normalized spacial score (nSPS) is 19.4. The SMILES string of the molecule is CN1CC(c2cccc(-c3ccc4cnc(CNC(=O)c5ccc6c(c5)[C@](C)(C#N)COC6)cc4n3)n2)C1. The number of pyridine rings is 3. The molecule has 3 aromatic heterocycles. The summed E-state index contributed by atoms with van der Waals surface area (Å²) in [5, 5.41) is 13.5. The quantitative estimate of drug-likeness (QED) is 0.439. The number of amides is 1. The number of nitrogens with one attached hydrogen (secondary N) is 1. The molecule has 1 saturated heterocycles. The average molecular weight is 505 g/mol. The molecule has 0 saturated carbocycles. The Morgan fingerprint density at radius 3 is 2.82 bits per heavy atom. The van der Waals surface area contributed by atoms with Crippen molar-refractivity contribution >= 4 is 16.8 Å². The van der Waals surface area contributed by atoms with Crippen molar-refractivity contribution in [1.29, 1.82) is 5.26 Å². The number of hydrogen-bond donors (Lipinski definition) is 1. The summed E-state index contributed by atoms with van der Waals surface area (Å²) >= 11 is 0. The van der Waals surface area contributed by atoms with Crippen LogP contribution in [0.4, 0.5) is 0 Å². The van der Waals surface area contributed by atoms with Crippen LogP contribution in [0.15, 0.2) is 60.8 Å². The predicted octanol–water partition coefficient (Wildman–Crippen LogP) is 3.96. The van der Waals surface area contributed by atoms with Gasteiger partial charge in [-0.05, 0) is 67.6 Å². The number of fused-ring (bicyclic) bond motifs is 2. The number of carbonyl (C=O) groups is 1. The molecule has 0 aliphatic carbocycles. The molecule has 1 N–H and O–H groups in total. The molecule has 8 heteroatoms. The third-order valence-corrected chi connectivity index (χ3v) is 7.44. The molecule has 0 spiro atoms. The minimum Gasteiger partial charge on any atom is -0.375 e. The second-order valence-corrected chi connectivity index (χ2v) is 10.4. The zero-order valence-corrected chi connectivity index (χ0v) is 21.4. The number of likely N-dealkylation sites (N-methyl/N-ethyl adjacent to an activating group) is 1. The van der Waals surface area contributed by atoms with Crippen LogP contribution < -0.4 is 5.32 Å². The van der Waals surface area contributed by atoms with Crippen molar-refractivity contribution in [3.05, 3.63) is 88.9 Å². The van der Waals surface area contributed by atoms with E-state index in [4.69, 9.17) is 14.7 Å². The first-order valence-corrected chi connectivity index (χ1v) is 12.7. The van der Waals surface area contributed by atoms with Crippen LogP contribution >= 0.6 is 0 Å². The maximum Gasteiger partial charge on any atom is 0.251 e. The zero-order chi connectivity index (χ0) is 26.3. The van der Waals surface area contributed by atoms with E-state index in [0.29, 0.717) is 30.4 Å². The number of nitriles is 1. The largest absolute Gasteiger partial charge is 0.375 e. The summed E-state index contributed by atoms with van der Waals surface area (Å²) in [6.07, 6.45) is 1.78. The molecule has 5 heterocycles. The fraction of sp³-hybridized carbons (Fsp3) is 0.300. The van der Waals surface area contributed by atoms with E-state index in [-0.39, 0.29) is 12.5 Å². The van der Waals surface area contributed by atoms with E-state index >= 15 is 0 Å². The predicted molar refractivity (Wildman–Crippen MR) is 143 cm³/mol. The number of benzene rings is 1. The smallest absolute Gasteiger partial charge is 0.251 e. The summed E-state index contributed by atoms with van der Waals surface area (Å²) in [5.41, 5.74) is 5.81. The molecule has 1 fully saturated rings. The van der Waals surface area contributed by atoms with Crippen LogP contribution in [-0.4, -0.2) is 52.5 Å². The number of carbonyl (C=O) groups excluding carboxylic acids is 1. The molecule has 1 amide bonds. The molecule has 2 aliphatic heterocycles. The zero-order valence-electron chi connectivity index (χ0n) is 21.4. The first-order valence-electron chi connectivity index (χ1n) is 12.7. The van der Waals surface area contributed by atoms with E-state index in [1.165, 1.54) is 0 Å². The third kappa shape index (κ3) is 4.51. The summed E-state index contributed by atoms with van der Waals surface area (Å²) in [7, 11) is 2.12. The lowest BCUT2D eigenvalue weighted by Crippen LogP contribution is -2.42. The number of likely N-dealkylation sites (tertiary alicyclic amines) is 1. The highest BCUT2D eigenvalue weighted by Crippen LogP contribution is 2.32. The van der Waals surface area contributed by atoms with Crippen molar-refractivity contribution in [1.82, 2.24) is 25.2 Å². The lowest BCUT2D eigenvalue weighted by atomic mass is 9.79. The number of ether oxygens (including phenoxy) is 1. The average Bonchev–Trinajstić information content (AvgIpc) is 2.94. The molecule has 8 nitrogen and oxygen atoms in total. The maximum absolute atomic E-state index is 13.0. The molecule has 0 bridgehead atoms. The second kappa shape index (κ2) is 9.60. The summed E-state index contributed by atoms with van der Waals surface area (Å²) in [6.45, 7) is 4.92. The molecule has 38 heavy (non-hydrogen) atoms. The van der Waals surface area contributed by atoms with E-state index in [0.717, 1.165) is 52.2 Å². The molecular weight excluding hydrogens is 476 g/mol. The number of nitrogens with zero attached hydrogens (tertiary/aromatic N) is 5. The highest BCUT2D eigenvalue weighted by molar-refractivity contribution is 5.94. The molecule has 0 unspecified atom stereocenters. The van der Waals surface area contributed by atoms with Gasteiger partial charge in [-0.2, -0.15) is 5.26 Å². The van der Waals surface area contributed by atoms with Gasteiger partial charge in [-0.15, -0.1) is 0 Å². The highest BCUT2D eigenvalue weighted by atomic mass is 16.5. The van der Waals surface area contributed by atoms with Crippen molar-refractivity contribution in [2.75, 3.05) is 26.7 Å². The number of aromatic nitrogens is 3. The van der Waals surface area contributed by atoms with E-state index in [9.17, 15) is 10.1 Å². The van der Waals surface area contributed by atoms with E-state index < -0.39 is 5.41 Å². The van der Waals surface area contributed by atoms with Crippen LogP contribution in [0, 0.1) is 11.3 Å². The molecule has 2 aliphatic rings. The Kier molecular flexibility index (Phi) is 6.10. The lowest BCUT2D eigenvalue weighted by Gasteiger charge is -2.35. The van der Waals surface area contributed by atoms with Gasteiger partial charge in [-0.3, -0.25) is 14.8 Å². The van der Waals surface area contributed by atoms with Gasteiger partial charge in [-0.25, -0.2) is 4.98 Å². The van der Waals surface area contributed by atoms with E-state index in [2.05, 4.69) is 34.4 Å². The van der Waals surface area contributed by atoms with Gasteiger partial charge in [-0.1, -0.05) is 12.1 Å². The Balaban J connectivity index is 1.19. The van der Waals surface area contributed by atoms with Crippen LogP contribution in [-0.2, 0) is 23.3 Å². The molecule has 4 aromatic rings. The Morgan fingerprint density at radius 2 is 2.00 bits per heavy atom. The Bertz CT molecular complexity index is 1590. The van der Waals surface area contributed by atoms with Gasteiger partial charge in [0.05, 0.1) is 48.4 Å². The monoisotopic (exact) mass is 504 g/mol. The van der Waals surface area contributed by atoms with Gasteiger partial charge in [0.1, 0.15) is 5.41 Å². The van der Waals surface area contributed by atoms with Gasteiger partial charge in [0.25, 0.3) is 5.91 Å². The Morgan fingerprint density at radius 1 is 1.16 bits per heavy atom. The third-order valence-electron chi connectivity index (χ3n) is 7.44. The van der Waals surface area contributed by atoms with Gasteiger partial charge in [0.2, 0.25) is 0 Å². The van der Waals surface area contributed by atoms with E-state index in [1.807, 2.05) is 43.3 Å². The van der Waals surface area contributed by atoms with Gasteiger partial charge in [0.15, 0.2) is 0 Å². The minimum atomic E-state index is -0.768. The Labute approximate surface area is 221 Å². The van der Waals surface area contributed by atoms with Crippen LogP contribution in [0.3, 0.4) is 0 Å². The summed E-state index contributed by atoms with van der Waals surface area (Å²) < 4.78 is 5.56. The fourth-order valence-electron chi connectivity index (χ4n) is 5.17. The molecule has 6 rings (SSSR count). The van der Waals surface area contributed by atoms with E-state index in [1.54, 1.807) is 18.3 Å². The van der Waals surface area contributed by atoms with Crippen molar-refractivity contribution in [3.8, 4) is 17.5 Å². The first kappa shape index (κ1) is 24.2. The van der Waals surface area contributed by atoms with Crippen molar-refractivity contribution in [2.24, 2.45) is 0 Å². The van der Waals surface area contributed by atoms with Gasteiger partial charge >= 0.3 is 0 Å². The van der Waals surface area contributed by atoms with Crippen LogP contribution in [0.2, 0.25) is 0 Å². The van der Waals surface area contributed by atoms with Crippen molar-refractivity contribution < 1.29 is 9.53 Å². The van der Waals surface area contributed by atoms with Crippen LogP contribution in [0.1, 0.15) is 45.7 Å². The van der Waals surface area contributed by atoms with Crippen LogP contribution in [0.25, 0.3) is 22.3 Å². The molecule has 1 aromatic carbocycles. The van der Waals surface area contributed by atoms with Crippen LogP contribution in [0.5, 0.6) is 0 Å². The van der Waals surface area contributed by atoms with Gasteiger partial charge in [0, 0.05) is 41.8 Å². The number of rotatable bonds is 5. The molecule has 190 valence electrons.